The molecule has 0 aromatic heterocycles. The Morgan fingerprint density at radius 3 is 1.33 bits per heavy atom. The fourth-order valence-corrected chi connectivity index (χ4v) is 3.87. The van der Waals surface area contributed by atoms with Crippen molar-refractivity contribution in [2.75, 3.05) is 26.2 Å². The topological polar surface area (TPSA) is 70.2 Å². The number of rotatable bonds is 8. The highest BCUT2D eigenvalue weighted by atomic mass is 35.5. The normalized spacial score (nSPS) is 17.8. The number of nitrogens with one attached hydrogen (secondary N) is 3. The number of benzene rings is 2. The number of alkyl halides is 6. The van der Waals surface area contributed by atoms with E-state index in [-0.39, 0.29) is 37.3 Å². The Morgan fingerprint density at radius 1 is 0.694 bits per heavy atom. The summed E-state index contributed by atoms with van der Waals surface area (Å²) in [5.41, 5.74) is -0.204. The summed E-state index contributed by atoms with van der Waals surface area (Å²) < 4.78 is 75.8. The van der Waals surface area contributed by atoms with Gasteiger partial charge < -0.3 is 16.0 Å². The molecule has 12 heteroatoms. The molecule has 0 saturated carbocycles. The monoisotopic (exact) mass is 537 g/mol. The third-order valence-electron chi connectivity index (χ3n) is 5.88. The molecule has 0 radical (unpaired) electrons. The van der Waals surface area contributed by atoms with E-state index in [1.54, 1.807) is 0 Å². The molecule has 2 aromatic carbocycles. The summed E-state index contributed by atoms with van der Waals surface area (Å²) in [5.74, 6) is -1.86. The predicted octanol–water partition coefficient (Wildman–Crippen LogP) is 4.00. The van der Waals surface area contributed by atoms with E-state index in [4.69, 9.17) is 0 Å². The molecule has 2 atom stereocenters. The quantitative estimate of drug-likeness (QED) is 0.446. The van der Waals surface area contributed by atoms with Gasteiger partial charge in [0.05, 0.1) is 23.0 Å². The third-order valence-corrected chi connectivity index (χ3v) is 5.88. The average Bonchev–Trinajstić information content (AvgIpc) is 3.29. The maximum atomic E-state index is 12.6. The Hall–Kier alpha value is -2.79. The van der Waals surface area contributed by atoms with Crippen molar-refractivity contribution < 1.29 is 35.9 Å². The van der Waals surface area contributed by atoms with Crippen LogP contribution in [-0.4, -0.2) is 38.0 Å². The fraction of sp³-hybridized carbons (Fsp3) is 0.417. The number of halogens is 7. The van der Waals surface area contributed by atoms with Gasteiger partial charge in [-0.25, -0.2) is 0 Å². The minimum absolute atomic E-state index is 0. The van der Waals surface area contributed by atoms with E-state index in [0.29, 0.717) is 37.1 Å². The maximum absolute atomic E-state index is 12.6. The number of carbonyl (C=O) groups excluding carboxylic acids is 2. The first-order chi connectivity index (χ1) is 16.4. The van der Waals surface area contributed by atoms with E-state index >= 15 is 0 Å². The molecule has 2 amide bonds. The van der Waals surface area contributed by atoms with Crippen LogP contribution in [-0.2, 0) is 34.8 Å². The molecule has 2 aromatic rings. The van der Waals surface area contributed by atoms with E-state index < -0.39 is 35.3 Å². The number of hydrogen-bond donors (Lipinski definition) is 3. The van der Waals surface area contributed by atoms with Gasteiger partial charge in [0.1, 0.15) is 0 Å². The summed E-state index contributed by atoms with van der Waals surface area (Å²) >= 11 is 0. The van der Waals surface area contributed by atoms with Gasteiger partial charge in [0.2, 0.25) is 11.8 Å². The molecule has 198 valence electrons. The van der Waals surface area contributed by atoms with Crippen LogP contribution in [0.2, 0.25) is 0 Å². The smallest absolute Gasteiger partial charge is 0.355 e. The third kappa shape index (κ3) is 8.12. The number of carbonyl (C=O) groups is 2. The van der Waals surface area contributed by atoms with Gasteiger partial charge in [-0.15, -0.1) is 12.4 Å². The highest BCUT2D eigenvalue weighted by Gasteiger charge is 2.37. The Labute approximate surface area is 210 Å². The largest absolute Gasteiger partial charge is 0.416 e. The minimum Gasteiger partial charge on any atom is -0.355 e. The molecular formula is C24H26ClF6N3O2. The van der Waals surface area contributed by atoms with Gasteiger partial charge in [0, 0.05) is 26.2 Å². The molecule has 3 N–H and O–H groups in total. The Morgan fingerprint density at radius 2 is 1.03 bits per heavy atom. The van der Waals surface area contributed by atoms with Gasteiger partial charge in [-0.05, 0) is 48.2 Å². The van der Waals surface area contributed by atoms with Crippen LogP contribution in [0.15, 0.2) is 48.5 Å². The Kier molecular flexibility index (Phi) is 10.2. The lowest BCUT2D eigenvalue weighted by molar-refractivity contribution is -0.138. The van der Waals surface area contributed by atoms with E-state index in [9.17, 15) is 35.9 Å². The molecule has 0 bridgehead atoms. The van der Waals surface area contributed by atoms with Crippen molar-refractivity contribution in [2.45, 2.75) is 25.2 Å². The minimum atomic E-state index is -4.41. The summed E-state index contributed by atoms with van der Waals surface area (Å²) in [6.45, 7) is 1.04. The standard InChI is InChI=1S/C24H25F6N3O2.ClH/c25-23(26,27)17-5-1-15(2-6-17)9-11-32-21(34)19-13-31-14-20(19)22(35)33-12-10-16-3-7-18(8-4-16)24(28,29)30;/h1-8,19-20,31H,9-14H2,(H,32,34)(H,33,35);1H/t19-,20-;/m0./s1. The van der Waals surface area contributed by atoms with Crippen molar-refractivity contribution in [2.24, 2.45) is 11.8 Å². The molecule has 1 aliphatic heterocycles. The van der Waals surface area contributed by atoms with Crippen LogP contribution in [0.5, 0.6) is 0 Å². The Balaban J connectivity index is 0.00000456. The summed E-state index contributed by atoms with van der Waals surface area (Å²) in [6, 6.07) is 9.40. The zero-order valence-electron chi connectivity index (χ0n) is 19.0. The van der Waals surface area contributed by atoms with Crippen LogP contribution >= 0.6 is 12.4 Å². The van der Waals surface area contributed by atoms with Gasteiger partial charge in [-0.2, -0.15) is 26.3 Å². The molecule has 0 aliphatic carbocycles. The van der Waals surface area contributed by atoms with Gasteiger partial charge in [0.25, 0.3) is 0 Å². The van der Waals surface area contributed by atoms with Crippen LogP contribution in [0.25, 0.3) is 0 Å². The summed E-state index contributed by atoms with van der Waals surface area (Å²) in [5, 5.41) is 8.46. The van der Waals surface area contributed by atoms with Crippen LogP contribution in [0, 0.1) is 11.8 Å². The molecule has 0 spiro atoms. The van der Waals surface area contributed by atoms with Gasteiger partial charge in [0.15, 0.2) is 0 Å². The first-order valence-corrected chi connectivity index (χ1v) is 11.0. The number of hydrogen-bond acceptors (Lipinski definition) is 3. The highest BCUT2D eigenvalue weighted by Crippen LogP contribution is 2.30. The van der Waals surface area contributed by atoms with Gasteiger partial charge in [-0.1, -0.05) is 24.3 Å². The second-order valence-electron chi connectivity index (χ2n) is 8.34. The van der Waals surface area contributed by atoms with Crippen molar-refractivity contribution >= 4 is 24.2 Å². The highest BCUT2D eigenvalue weighted by molar-refractivity contribution is 5.88. The molecule has 1 saturated heterocycles. The first-order valence-electron chi connectivity index (χ1n) is 11.0. The van der Waals surface area contributed by atoms with Gasteiger partial charge >= 0.3 is 12.4 Å². The van der Waals surface area contributed by atoms with Crippen molar-refractivity contribution in [3.8, 4) is 0 Å². The molecule has 36 heavy (non-hydrogen) atoms. The molecule has 5 nitrogen and oxygen atoms in total. The maximum Gasteiger partial charge on any atom is 0.416 e. The molecular weight excluding hydrogens is 512 g/mol. The lowest BCUT2D eigenvalue weighted by atomic mass is 9.94. The molecule has 3 rings (SSSR count). The van der Waals surface area contributed by atoms with E-state index in [0.717, 1.165) is 24.3 Å². The summed E-state index contributed by atoms with van der Waals surface area (Å²) in [6.07, 6.45) is -8.13. The lowest BCUT2D eigenvalue weighted by Gasteiger charge is -2.18. The van der Waals surface area contributed by atoms with E-state index in [2.05, 4.69) is 16.0 Å². The number of amides is 2. The van der Waals surface area contributed by atoms with Crippen molar-refractivity contribution in [1.82, 2.24) is 16.0 Å². The summed E-state index contributed by atoms with van der Waals surface area (Å²) in [7, 11) is 0. The van der Waals surface area contributed by atoms with Crippen LogP contribution < -0.4 is 16.0 Å². The zero-order valence-corrected chi connectivity index (χ0v) is 19.8. The van der Waals surface area contributed by atoms with Crippen LogP contribution in [0.4, 0.5) is 26.3 Å². The average molecular weight is 538 g/mol. The van der Waals surface area contributed by atoms with Crippen LogP contribution in [0.3, 0.4) is 0 Å². The molecule has 0 unspecified atom stereocenters. The van der Waals surface area contributed by atoms with E-state index in [1.807, 2.05) is 0 Å². The fourth-order valence-electron chi connectivity index (χ4n) is 3.87. The summed E-state index contributed by atoms with van der Waals surface area (Å²) in [4.78, 5) is 25.1. The predicted molar refractivity (Wildman–Crippen MR) is 123 cm³/mol. The second kappa shape index (κ2) is 12.4. The van der Waals surface area contributed by atoms with Crippen molar-refractivity contribution in [3.63, 3.8) is 0 Å². The molecule has 1 heterocycles. The van der Waals surface area contributed by atoms with E-state index in [1.165, 1.54) is 24.3 Å². The second-order valence-corrected chi connectivity index (χ2v) is 8.34. The molecule has 1 aliphatic rings. The Bertz CT molecular complexity index is 929. The van der Waals surface area contributed by atoms with Crippen LogP contribution in [0.1, 0.15) is 22.3 Å². The SMILES string of the molecule is Cl.O=C(NCCc1ccc(C(F)(F)F)cc1)[C@H]1CNC[C@@H]1C(=O)NCCc1ccc(C(F)(F)F)cc1. The lowest BCUT2D eigenvalue weighted by Crippen LogP contribution is -2.42. The van der Waals surface area contributed by atoms with Crippen molar-refractivity contribution in [1.29, 1.82) is 0 Å². The first kappa shape index (κ1) is 29.4. The zero-order chi connectivity index (χ0) is 25.6. The van der Waals surface area contributed by atoms with Gasteiger partial charge in [-0.3, -0.25) is 9.59 Å². The molecule has 1 fully saturated rings. The van der Waals surface area contributed by atoms with Crippen molar-refractivity contribution in [3.05, 3.63) is 70.8 Å².